The van der Waals surface area contributed by atoms with Crippen molar-refractivity contribution in [2.45, 2.75) is 57.9 Å². The van der Waals surface area contributed by atoms with Gasteiger partial charge in [-0.1, -0.05) is 12.0 Å². The molecule has 0 radical (unpaired) electrons. The van der Waals surface area contributed by atoms with Gasteiger partial charge in [0, 0.05) is 6.04 Å². The van der Waals surface area contributed by atoms with Gasteiger partial charge < -0.3 is 0 Å². The molecule has 0 aromatic heterocycles. The van der Waals surface area contributed by atoms with Gasteiger partial charge in [-0.3, -0.25) is 11.3 Å². The van der Waals surface area contributed by atoms with Gasteiger partial charge >= 0.3 is 0 Å². The first-order chi connectivity index (χ1) is 7.69. The second kappa shape index (κ2) is 5.33. The number of fused-ring (bicyclic) bond motifs is 2. The first kappa shape index (κ1) is 12.1. The Morgan fingerprint density at radius 2 is 2.25 bits per heavy atom. The molecule has 0 aliphatic heterocycles. The highest BCUT2D eigenvalue weighted by molar-refractivity contribution is 4.93. The van der Waals surface area contributed by atoms with Gasteiger partial charge in [-0.2, -0.15) is 0 Å². The fraction of sp³-hybridized carbons (Fsp3) is 0.857. The van der Waals surface area contributed by atoms with Gasteiger partial charge in [0.25, 0.3) is 0 Å². The van der Waals surface area contributed by atoms with Gasteiger partial charge in [-0.15, -0.1) is 6.58 Å². The normalized spacial score (nSPS) is 34.2. The van der Waals surface area contributed by atoms with E-state index in [0.717, 1.165) is 30.6 Å². The number of rotatable bonds is 6. The second-order valence-electron chi connectivity index (χ2n) is 6.03. The van der Waals surface area contributed by atoms with Crippen LogP contribution >= 0.6 is 0 Å². The lowest BCUT2D eigenvalue weighted by atomic mass is 9.83. The number of nitrogens with two attached hydrogens (primary N) is 1. The Kier molecular flexibility index (Phi) is 4.04. The Hall–Kier alpha value is -0.340. The van der Waals surface area contributed by atoms with Crippen LogP contribution in [0.3, 0.4) is 0 Å². The van der Waals surface area contributed by atoms with E-state index in [1.807, 2.05) is 0 Å². The second-order valence-corrected chi connectivity index (χ2v) is 6.03. The van der Waals surface area contributed by atoms with Gasteiger partial charge in [0.15, 0.2) is 0 Å². The highest BCUT2D eigenvalue weighted by Crippen LogP contribution is 2.50. The molecule has 0 amide bonds. The average molecular weight is 222 g/mol. The summed E-state index contributed by atoms with van der Waals surface area (Å²) in [5.74, 6) is 8.67. The lowest BCUT2D eigenvalue weighted by Crippen LogP contribution is -2.37. The van der Waals surface area contributed by atoms with Crippen molar-refractivity contribution in [1.29, 1.82) is 0 Å². The molecule has 0 saturated heterocycles. The first-order valence-corrected chi connectivity index (χ1v) is 6.79. The van der Waals surface area contributed by atoms with Crippen molar-refractivity contribution < 1.29 is 0 Å². The Labute approximate surface area is 99.6 Å². The molecular weight excluding hydrogens is 196 g/mol. The summed E-state index contributed by atoms with van der Waals surface area (Å²) in [5, 5.41) is 0. The lowest BCUT2D eigenvalue weighted by molar-refractivity contribution is 0.272. The molecule has 0 spiro atoms. The van der Waals surface area contributed by atoms with E-state index >= 15 is 0 Å². The van der Waals surface area contributed by atoms with Crippen LogP contribution in [-0.4, -0.2) is 6.04 Å². The number of nitrogens with one attached hydrogen (secondary N) is 1. The molecule has 2 fully saturated rings. The van der Waals surface area contributed by atoms with Crippen molar-refractivity contribution in [3.63, 3.8) is 0 Å². The summed E-state index contributed by atoms with van der Waals surface area (Å²) in [6, 6.07) is 0.501. The maximum atomic E-state index is 5.66. The molecule has 2 rings (SSSR count). The highest BCUT2D eigenvalue weighted by Gasteiger charge is 2.39. The minimum Gasteiger partial charge on any atom is -0.271 e. The fourth-order valence-electron chi connectivity index (χ4n) is 3.72. The molecule has 4 atom stereocenters. The molecule has 2 saturated carbocycles. The Morgan fingerprint density at radius 3 is 2.75 bits per heavy atom. The smallest absolute Gasteiger partial charge is 0.0216 e. The maximum Gasteiger partial charge on any atom is 0.0216 e. The molecule has 2 bridgehead atoms. The van der Waals surface area contributed by atoms with Crippen molar-refractivity contribution in [1.82, 2.24) is 5.43 Å². The summed E-state index contributed by atoms with van der Waals surface area (Å²) in [4.78, 5) is 0. The zero-order valence-corrected chi connectivity index (χ0v) is 10.5. The number of allylic oxidation sites excluding steroid dienone is 1. The summed E-state index contributed by atoms with van der Waals surface area (Å²) in [6.07, 6.45) is 9.49. The molecule has 0 heterocycles. The molecule has 2 nitrogen and oxygen atoms in total. The third-order valence-corrected chi connectivity index (χ3v) is 4.63. The van der Waals surface area contributed by atoms with Crippen LogP contribution in [0, 0.1) is 17.8 Å². The van der Waals surface area contributed by atoms with E-state index in [4.69, 9.17) is 5.84 Å². The summed E-state index contributed by atoms with van der Waals surface area (Å²) >= 11 is 0. The van der Waals surface area contributed by atoms with Crippen molar-refractivity contribution in [3.05, 3.63) is 12.2 Å². The van der Waals surface area contributed by atoms with Gasteiger partial charge in [0.1, 0.15) is 0 Å². The molecular formula is C14H26N2. The number of hydrogen-bond donors (Lipinski definition) is 2. The molecule has 0 aromatic rings. The Balaban J connectivity index is 1.76. The van der Waals surface area contributed by atoms with E-state index in [0.29, 0.717) is 6.04 Å². The summed E-state index contributed by atoms with van der Waals surface area (Å²) in [6.45, 7) is 6.07. The van der Waals surface area contributed by atoms with Crippen molar-refractivity contribution in [2.24, 2.45) is 23.6 Å². The molecule has 92 valence electrons. The Bertz CT molecular complexity index is 249. The van der Waals surface area contributed by atoms with E-state index in [1.165, 1.54) is 37.7 Å². The molecule has 2 aliphatic carbocycles. The maximum absolute atomic E-state index is 5.66. The lowest BCUT2D eigenvalue weighted by Gasteiger charge is -2.26. The average Bonchev–Trinajstić information content (AvgIpc) is 2.85. The number of hydrazine groups is 1. The van der Waals surface area contributed by atoms with Crippen molar-refractivity contribution >= 4 is 0 Å². The van der Waals surface area contributed by atoms with Gasteiger partial charge in [-0.05, 0) is 63.2 Å². The van der Waals surface area contributed by atoms with Gasteiger partial charge in [0.05, 0.1) is 0 Å². The van der Waals surface area contributed by atoms with Crippen LogP contribution < -0.4 is 11.3 Å². The number of hydrogen-bond acceptors (Lipinski definition) is 2. The van der Waals surface area contributed by atoms with Crippen molar-refractivity contribution in [3.8, 4) is 0 Å². The Morgan fingerprint density at radius 1 is 1.44 bits per heavy atom. The van der Waals surface area contributed by atoms with Crippen LogP contribution in [0.4, 0.5) is 0 Å². The largest absolute Gasteiger partial charge is 0.271 e. The van der Waals surface area contributed by atoms with Crippen LogP contribution in [0.1, 0.15) is 51.9 Å². The molecule has 0 aromatic carbocycles. The van der Waals surface area contributed by atoms with E-state index in [-0.39, 0.29) is 0 Å². The summed E-state index contributed by atoms with van der Waals surface area (Å²) in [5.41, 5.74) is 4.27. The molecule has 4 unspecified atom stereocenters. The minimum absolute atomic E-state index is 0.501. The van der Waals surface area contributed by atoms with Crippen LogP contribution in [0.15, 0.2) is 12.2 Å². The van der Waals surface area contributed by atoms with Crippen LogP contribution in [0.2, 0.25) is 0 Å². The third-order valence-electron chi connectivity index (χ3n) is 4.63. The van der Waals surface area contributed by atoms with Crippen molar-refractivity contribution in [2.75, 3.05) is 0 Å². The van der Waals surface area contributed by atoms with E-state index < -0.39 is 0 Å². The quantitative estimate of drug-likeness (QED) is 0.412. The molecule has 2 heteroatoms. The predicted octanol–water partition coefficient (Wildman–Crippen LogP) is 3.00. The topological polar surface area (TPSA) is 38.0 Å². The monoisotopic (exact) mass is 222 g/mol. The fourth-order valence-corrected chi connectivity index (χ4v) is 3.72. The third kappa shape index (κ3) is 2.86. The van der Waals surface area contributed by atoms with E-state index in [9.17, 15) is 0 Å². The first-order valence-electron chi connectivity index (χ1n) is 6.79. The van der Waals surface area contributed by atoms with Gasteiger partial charge in [0.2, 0.25) is 0 Å². The minimum atomic E-state index is 0.501. The molecule has 2 aliphatic rings. The summed E-state index contributed by atoms with van der Waals surface area (Å²) in [7, 11) is 0. The highest BCUT2D eigenvalue weighted by atomic mass is 15.2. The standard InChI is InChI=1S/C14H26N2/c1-10(2)3-6-14(16-15)9-13-8-11-4-5-12(13)7-11/h11-14,16H,1,3-9,15H2,2H3. The zero-order valence-electron chi connectivity index (χ0n) is 10.5. The van der Waals surface area contributed by atoms with E-state index in [2.05, 4.69) is 18.9 Å². The van der Waals surface area contributed by atoms with Crippen LogP contribution in [-0.2, 0) is 0 Å². The molecule has 3 N–H and O–H groups in total. The van der Waals surface area contributed by atoms with Gasteiger partial charge in [-0.25, -0.2) is 0 Å². The predicted molar refractivity (Wildman–Crippen MR) is 68.7 cm³/mol. The molecule has 16 heavy (non-hydrogen) atoms. The summed E-state index contributed by atoms with van der Waals surface area (Å²) < 4.78 is 0. The SMILES string of the molecule is C=C(C)CCC(CC1CC2CCC1C2)NN. The van der Waals surface area contributed by atoms with Crippen LogP contribution in [0.5, 0.6) is 0 Å². The van der Waals surface area contributed by atoms with Crippen LogP contribution in [0.25, 0.3) is 0 Å². The zero-order chi connectivity index (χ0) is 11.5. The van der Waals surface area contributed by atoms with E-state index in [1.54, 1.807) is 0 Å².